The Morgan fingerprint density at radius 3 is 1.62 bits per heavy atom. The first-order valence-corrected chi connectivity index (χ1v) is 2.43. The second kappa shape index (κ2) is 9.73. The van der Waals surface area contributed by atoms with Crippen molar-refractivity contribution in [3.63, 3.8) is 0 Å². The predicted molar refractivity (Wildman–Crippen MR) is 28.1 cm³/mol. The first-order chi connectivity index (χ1) is 3.68. The molecule has 1 nitrogen and oxygen atoms in total. The van der Waals surface area contributed by atoms with Crippen LogP contribution in [0, 0.1) is 0 Å². The molecule has 0 amide bonds. The van der Waals surface area contributed by atoms with Crippen LogP contribution in [0.25, 0.3) is 0 Å². The second-order valence-corrected chi connectivity index (χ2v) is 1.20. The number of carbonyl (C=O) groups excluding carboxylic acids is 1. The van der Waals surface area contributed by atoms with Crippen molar-refractivity contribution < 1.29 is 13.6 Å². The maximum atomic E-state index is 10.4. The fraction of sp³-hybridized carbons (Fsp3) is 0.800. The fourth-order valence-corrected chi connectivity index (χ4v) is 0. The Morgan fingerprint density at radius 2 is 1.62 bits per heavy atom. The first-order valence-electron chi connectivity index (χ1n) is 2.43. The van der Waals surface area contributed by atoms with Gasteiger partial charge < -0.3 is 0 Å². The van der Waals surface area contributed by atoms with E-state index in [1.807, 2.05) is 0 Å². The molecule has 0 rings (SSSR count). The summed E-state index contributed by atoms with van der Waals surface area (Å²) in [5.41, 5.74) is 0. The van der Waals surface area contributed by atoms with E-state index in [9.17, 15) is 8.78 Å². The van der Waals surface area contributed by atoms with Crippen LogP contribution in [0.15, 0.2) is 0 Å². The van der Waals surface area contributed by atoms with Gasteiger partial charge in [-0.2, -0.15) is 4.39 Å². The Hall–Kier alpha value is -0.470. The monoisotopic (exact) mass is 124 g/mol. The van der Waals surface area contributed by atoms with Gasteiger partial charge in [0.1, 0.15) is 0 Å². The molecule has 8 heavy (non-hydrogen) atoms. The number of alkyl halides is 1. The third-order valence-electron chi connectivity index (χ3n) is 0.105. The molecule has 0 saturated carbocycles. The van der Waals surface area contributed by atoms with Gasteiger partial charge in [-0.3, -0.25) is 4.79 Å². The van der Waals surface area contributed by atoms with Crippen molar-refractivity contribution >= 4 is 6.04 Å². The molecule has 0 aromatic rings. The highest BCUT2D eigenvalue weighted by Crippen LogP contribution is 1.69. The molecule has 3 heteroatoms. The number of hydrogen-bond acceptors (Lipinski definition) is 1. The topological polar surface area (TPSA) is 17.1 Å². The molecule has 50 valence electrons. The van der Waals surface area contributed by atoms with Crippen molar-refractivity contribution in [1.29, 1.82) is 0 Å². The molecule has 0 bridgehead atoms. The minimum absolute atomic E-state index is 1.25. The lowest BCUT2D eigenvalue weighted by Crippen LogP contribution is -1.85. The molecule has 0 fully saturated rings. The Labute approximate surface area is 47.7 Å². The van der Waals surface area contributed by atoms with Crippen LogP contribution in [0.3, 0.4) is 0 Å². The fourth-order valence-electron chi connectivity index (χ4n) is 0. The zero-order chi connectivity index (χ0) is 6.99. The maximum absolute atomic E-state index is 10.4. The Kier molecular flexibility index (Phi) is 12.8. The third kappa shape index (κ3) is 48.5. The van der Waals surface area contributed by atoms with Gasteiger partial charge >= 0.3 is 6.04 Å². The summed E-state index contributed by atoms with van der Waals surface area (Å²) >= 11 is 0. The molecular formula is C5H10F2O. The minimum Gasteiger partial charge on any atom is -0.258 e. The number of hydrogen-bond donors (Lipinski definition) is 0. The lowest BCUT2D eigenvalue weighted by molar-refractivity contribution is -0.130. The second-order valence-electron chi connectivity index (χ2n) is 1.20. The van der Waals surface area contributed by atoms with Crippen LogP contribution in [0.1, 0.15) is 20.3 Å². The smallest absolute Gasteiger partial charge is 0.258 e. The summed E-state index contributed by atoms with van der Waals surface area (Å²) in [7, 11) is 0. The lowest BCUT2D eigenvalue weighted by Gasteiger charge is -1.63. The van der Waals surface area contributed by atoms with Gasteiger partial charge in [-0.25, -0.2) is 4.39 Å². The van der Waals surface area contributed by atoms with Crippen LogP contribution < -0.4 is 0 Å². The van der Waals surface area contributed by atoms with Gasteiger partial charge in [-0.15, -0.1) is 0 Å². The van der Waals surface area contributed by atoms with Gasteiger partial charge in [0.05, 0.1) is 0 Å². The molecule has 0 spiro atoms. The molecule has 0 radical (unpaired) electrons. The zero-order valence-electron chi connectivity index (χ0n) is 5.08. The summed E-state index contributed by atoms with van der Waals surface area (Å²) in [6, 6.07) is -1.91. The van der Waals surface area contributed by atoms with Gasteiger partial charge in [-0.05, 0) is 0 Å². The predicted octanol–water partition coefficient (Wildman–Crippen LogP) is 1.87. The van der Waals surface area contributed by atoms with Gasteiger partial charge in [0.25, 0.3) is 0 Å². The summed E-state index contributed by atoms with van der Waals surface area (Å²) in [4.78, 5) is 8.77. The summed E-state index contributed by atoms with van der Waals surface area (Å²) in [6.07, 6.45) is 1.25. The molecule has 0 unspecified atom stereocenters. The van der Waals surface area contributed by atoms with Crippen LogP contribution in [-0.4, -0.2) is 12.7 Å². The number of rotatable bonds is 1. The molecule has 0 aliphatic carbocycles. The molecule has 0 N–H and O–H groups in total. The normalized spacial score (nSPS) is 7.00. The number of halogens is 2. The quantitative estimate of drug-likeness (QED) is 0.487. The molecule has 0 aliphatic rings. The highest BCUT2D eigenvalue weighted by atomic mass is 19.2. The zero-order valence-corrected chi connectivity index (χ0v) is 5.08. The summed E-state index contributed by atoms with van der Waals surface area (Å²) in [5, 5.41) is 0. The van der Waals surface area contributed by atoms with Crippen molar-refractivity contribution in [2.24, 2.45) is 0 Å². The largest absolute Gasteiger partial charge is 0.332 e. The molecule has 0 atom stereocenters. The van der Waals surface area contributed by atoms with Gasteiger partial charge in [0.15, 0.2) is 6.67 Å². The molecule has 0 aliphatic heterocycles. The van der Waals surface area contributed by atoms with E-state index in [0.29, 0.717) is 0 Å². The van der Waals surface area contributed by atoms with E-state index in [1.165, 1.54) is 6.42 Å². The number of carbonyl (C=O) groups is 1. The van der Waals surface area contributed by atoms with E-state index in [-0.39, 0.29) is 0 Å². The van der Waals surface area contributed by atoms with E-state index < -0.39 is 12.7 Å². The van der Waals surface area contributed by atoms with Crippen LogP contribution in [-0.2, 0) is 4.79 Å². The summed E-state index contributed by atoms with van der Waals surface area (Å²) in [5.74, 6) is 0. The molecule has 0 aromatic heterocycles. The van der Waals surface area contributed by atoms with Crippen LogP contribution in [0.2, 0.25) is 0 Å². The lowest BCUT2D eigenvalue weighted by atomic mass is 10.6. The average molecular weight is 124 g/mol. The summed E-state index contributed by atoms with van der Waals surface area (Å²) < 4.78 is 20.8. The van der Waals surface area contributed by atoms with Gasteiger partial charge in [0.2, 0.25) is 0 Å². The van der Waals surface area contributed by atoms with Crippen molar-refractivity contribution in [2.45, 2.75) is 20.3 Å². The van der Waals surface area contributed by atoms with Crippen LogP contribution >= 0.6 is 0 Å². The molecule has 0 saturated heterocycles. The Morgan fingerprint density at radius 1 is 1.50 bits per heavy atom. The van der Waals surface area contributed by atoms with Crippen molar-refractivity contribution in [3.05, 3.63) is 0 Å². The Bertz CT molecular complexity index is 54.4. The van der Waals surface area contributed by atoms with Crippen molar-refractivity contribution in [3.8, 4) is 0 Å². The van der Waals surface area contributed by atoms with E-state index in [1.54, 1.807) is 0 Å². The van der Waals surface area contributed by atoms with Crippen LogP contribution in [0.4, 0.5) is 8.78 Å². The molecular weight excluding hydrogens is 114 g/mol. The SMILES string of the molecule is CCC.O=C(F)CF. The van der Waals surface area contributed by atoms with E-state index in [4.69, 9.17) is 4.79 Å². The highest BCUT2D eigenvalue weighted by Gasteiger charge is 1.88. The summed E-state index contributed by atoms with van der Waals surface area (Å²) in [6.45, 7) is 2.75. The van der Waals surface area contributed by atoms with Crippen molar-refractivity contribution in [1.82, 2.24) is 0 Å². The third-order valence-corrected chi connectivity index (χ3v) is 0.105. The molecule has 0 heterocycles. The van der Waals surface area contributed by atoms with Crippen molar-refractivity contribution in [2.75, 3.05) is 6.67 Å². The van der Waals surface area contributed by atoms with E-state index in [2.05, 4.69) is 13.8 Å². The van der Waals surface area contributed by atoms with Crippen LogP contribution in [0.5, 0.6) is 0 Å². The minimum atomic E-state index is -1.91. The standard InChI is InChI=1S/C3H8.C2H2F2O/c1-3-2;3-1-2(4)5/h3H2,1-2H3;1H2. The maximum Gasteiger partial charge on any atom is 0.332 e. The first kappa shape index (κ1) is 10.5. The molecule has 0 aromatic carbocycles. The Balaban J connectivity index is 0. The van der Waals surface area contributed by atoms with Gasteiger partial charge in [-0.1, -0.05) is 20.3 Å². The average Bonchev–Trinajstić information content (AvgIpc) is 1.69. The van der Waals surface area contributed by atoms with E-state index >= 15 is 0 Å². The van der Waals surface area contributed by atoms with E-state index in [0.717, 1.165) is 0 Å². The van der Waals surface area contributed by atoms with Gasteiger partial charge in [0, 0.05) is 0 Å². The highest BCUT2D eigenvalue weighted by molar-refractivity contribution is 5.68.